The van der Waals surface area contributed by atoms with Gasteiger partial charge in [0.05, 0.1) is 6.33 Å². The minimum Gasteiger partial charge on any atom is -0.352 e. The van der Waals surface area contributed by atoms with Gasteiger partial charge in [0.25, 0.3) is 0 Å². The summed E-state index contributed by atoms with van der Waals surface area (Å²) in [6.45, 7) is 6.04. The normalized spacial score (nSPS) is 24.9. The molecule has 2 heterocycles. The van der Waals surface area contributed by atoms with Crippen molar-refractivity contribution in [3.05, 3.63) is 18.7 Å². The highest BCUT2D eigenvalue weighted by Gasteiger charge is 2.23. The monoisotopic (exact) mass is 264 g/mol. The third-order valence-corrected chi connectivity index (χ3v) is 3.79. The van der Waals surface area contributed by atoms with E-state index in [0.29, 0.717) is 18.4 Å². The van der Waals surface area contributed by atoms with Gasteiger partial charge in [0.15, 0.2) is 0 Å². The summed E-state index contributed by atoms with van der Waals surface area (Å²) < 4.78 is 1.98. The summed E-state index contributed by atoms with van der Waals surface area (Å²) in [7, 11) is 0. The molecule has 0 aromatic carbocycles. The lowest BCUT2D eigenvalue weighted by Crippen LogP contribution is -2.45. The molecule has 0 aliphatic carbocycles. The summed E-state index contributed by atoms with van der Waals surface area (Å²) in [4.78, 5) is 16.0. The number of carbonyl (C=O) groups is 1. The molecule has 1 aromatic rings. The number of carbonyl (C=O) groups excluding carboxylic acids is 1. The molecular weight excluding hydrogens is 240 g/mol. The average molecular weight is 264 g/mol. The predicted molar refractivity (Wildman–Crippen MR) is 74.6 cm³/mol. The number of aromatic nitrogens is 2. The molecule has 1 fully saturated rings. The van der Waals surface area contributed by atoms with E-state index in [-0.39, 0.29) is 11.9 Å². The molecule has 5 heteroatoms. The Kier molecular flexibility index (Phi) is 4.96. The Morgan fingerprint density at radius 3 is 3.16 bits per heavy atom. The average Bonchev–Trinajstić information content (AvgIpc) is 2.84. The van der Waals surface area contributed by atoms with Crippen LogP contribution < -0.4 is 10.6 Å². The zero-order valence-corrected chi connectivity index (χ0v) is 11.8. The van der Waals surface area contributed by atoms with E-state index >= 15 is 0 Å². The van der Waals surface area contributed by atoms with Gasteiger partial charge in [-0.15, -0.1) is 0 Å². The van der Waals surface area contributed by atoms with Crippen molar-refractivity contribution in [3.63, 3.8) is 0 Å². The van der Waals surface area contributed by atoms with E-state index in [4.69, 9.17) is 0 Å². The number of nitrogens with one attached hydrogen (secondary N) is 2. The molecule has 2 rings (SSSR count). The number of hydrogen-bond donors (Lipinski definition) is 2. The van der Waals surface area contributed by atoms with Crippen molar-refractivity contribution in [2.24, 2.45) is 5.92 Å². The molecule has 1 saturated heterocycles. The molecule has 2 N–H and O–H groups in total. The Balaban J connectivity index is 1.74. The highest BCUT2D eigenvalue weighted by Crippen LogP contribution is 2.17. The summed E-state index contributed by atoms with van der Waals surface area (Å²) in [6, 6.07) is 0.454. The van der Waals surface area contributed by atoms with E-state index in [0.717, 1.165) is 13.1 Å². The maximum atomic E-state index is 12.0. The van der Waals surface area contributed by atoms with Crippen molar-refractivity contribution in [2.75, 3.05) is 6.54 Å². The minimum absolute atomic E-state index is 0.126. The second-order valence-corrected chi connectivity index (χ2v) is 5.61. The van der Waals surface area contributed by atoms with Crippen LogP contribution in [0.2, 0.25) is 0 Å². The highest BCUT2D eigenvalue weighted by molar-refractivity contribution is 5.76. The van der Waals surface area contributed by atoms with Gasteiger partial charge in [-0.1, -0.05) is 6.92 Å². The largest absolute Gasteiger partial charge is 0.352 e. The lowest BCUT2D eigenvalue weighted by Gasteiger charge is -2.30. The maximum Gasteiger partial charge on any atom is 0.221 e. The lowest BCUT2D eigenvalue weighted by molar-refractivity contribution is -0.122. The van der Waals surface area contributed by atoms with Gasteiger partial charge < -0.3 is 15.2 Å². The van der Waals surface area contributed by atoms with E-state index in [1.54, 1.807) is 12.5 Å². The molecule has 3 atom stereocenters. The Bertz CT molecular complexity index is 390. The van der Waals surface area contributed by atoms with Gasteiger partial charge in [-0.25, -0.2) is 4.98 Å². The summed E-state index contributed by atoms with van der Waals surface area (Å²) >= 11 is 0. The number of nitrogens with zero attached hydrogens (tertiary/aromatic N) is 2. The molecule has 0 radical (unpaired) electrons. The van der Waals surface area contributed by atoms with Gasteiger partial charge in [0, 0.05) is 37.4 Å². The van der Waals surface area contributed by atoms with Crippen LogP contribution in [0.3, 0.4) is 0 Å². The first kappa shape index (κ1) is 14.1. The second kappa shape index (κ2) is 6.70. The zero-order chi connectivity index (χ0) is 13.7. The molecule has 1 aromatic heterocycles. The third-order valence-electron chi connectivity index (χ3n) is 3.79. The number of imidazole rings is 1. The number of rotatable bonds is 5. The van der Waals surface area contributed by atoms with E-state index < -0.39 is 0 Å². The Hall–Kier alpha value is -1.36. The van der Waals surface area contributed by atoms with Crippen molar-refractivity contribution in [1.82, 2.24) is 20.2 Å². The minimum atomic E-state index is 0.126. The fourth-order valence-corrected chi connectivity index (χ4v) is 2.68. The molecule has 0 spiro atoms. The lowest BCUT2D eigenvalue weighted by atomic mass is 9.90. The van der Waals surface area contributed by atoms with Crippen molar-refractivity contribution >= 4 is 5.91 Å². The first-order valence-electron chi connectivity index (χ1n) is 7.13. The van der Waals surface area contributed by atoms with Crippen molar-refractivity contribution in [1.29, 1.82) is 0 Å². The molecule has 3 unspecified atom stereocenters. The topological polar surface area (TPSA) is 59.0 Å². The van der Waals surface area contributed by atoms with Crippen LogP contribution in [0.5, 0.6) is 0 Å². The Morgan fingerprint density at radius 2 is 2.47 bits per heavy atom. The molecule has 106 valence electrons. The molecule has 1 amide bonds. The summed E-state index contributed by atoms with van der Waals surface area (Å²) in [5.74, 6) is 0.724. The standard InChI is InChI=1S/C14H24N4O/c1-11-4-3-5-16-13(11)8-14(19)17-12(2)9-18-7-6-15-10-18/h6-7,10-13,16H,3-5,8-9H2,1-2H3,(H,17,19). The van der Waals surface area contributed by atoms with Gasteiger partial charge in [-0.05, 0) is 32.2 Å². The first-order valence-corrected chi connectivity index (χ1v) is 7.13. The number of hydrogen-bond acceptors (Lipinski definition) is 3. The fourth-order valence-electron chi connectivity index (χ4n) is 2.68. The van der Waals surface area contributed by atoms with Gasteiger partial charge in [0.1, 0.15) is 0 Å². The fraction of sp³-hybridized carbons (Fsp3) is 0.714. The molecule has 0 saturated carbocycles. The summed E-state index contributed by atoms with van der Waals surface area (Å²) in [6.07, 6.45) is 8.45. The Morgan fingerprint density at radius 1 is 1.63 bits per heavy atom. The van der Waals surface area contributed by atoms with E-state index in [1.165, 1.54) is 12.8 Å². The van der Waals surface area contributed by atoms with Crippen LogP contribution >= 0.6 is 0 Å². The molecule has 1 aliphatic heterocycles. The maximum absolute atomic E-state index is 12.0. The number of amides is 1. The molecule has 1 aliphatic rings. The highest BCUT2D eigenvalue weighted by atomic mass is 16.1. The first-order chi connectivity index (χ1) is 9.15. The van der Waals surface area contributed by atoms with Crippen LogP contribution in [0.1, 0.15) is 33.1 Å². The van der Waals surface area contributed by atoms with Gasteiger partial charge >= 0.3 is 0 Å². The molecule has 19 heavy (non-hydrogen) atoms. The van der Waals surface area contributed by atoms with Crippen LogP contribution in [0.15, 0.2) is 18.7 Å². The molecular formula is C14H24N4O. The van der Waals surface area contributed by atoms with E-state index in [2.05, 4.69) is 22.5 Å². The van der Waals surface area contributed by atoms with Gasteiger partial charge in [-0.2, -0.15) is 0 Å². The SMILES string of the molecule is CC(Cn1ccnc1)NC(=O)CC1NCCCC1C. The quantitative estimate of drug-likeness (QED) is 0.839. The second-order valence-electron chi connectivity index (χ2n) is 5.61. The van der Waals surface area contributed by atoms with Gasteiger partial charge in [-0.3, -0.25) is 4.79 Å². The molecule has 0 bridgehead atoms. The third kappa shape index (κ3) is 4.35. The van der Waals surface area contributed by atoms with Crippen molar-refractivity contribution < 1.29 is 4.79 Å². The van der Waals surface area contributed by atoms with E-state index in [9.17, 15) is 4.79 Å². The van der Waals surface area contributed by atoms with Crippen LogP contribution in [0, 0.1) is 5.92 Å². The van der Waals surface area contributed by atoms with E-state index in [1.807, 2.05) is 17.7 Å². The predicted octanol–water partition coefficient (Wildman–Crippen LogP) is 1.17. The van der Waals surface area contributed by atoms with Crippen molar-refractivity contribution in [3.8, 4) is 0 Å². The Labute approximate surface area is 114 Å². The zero-order valence-electron chi connectivity index (χ0n) is 11.8. The number of piperidine rings is 1. The summed E-state index contributed by atoms with van der Waals surface area (Å²) in [5.41, 5.74) is 0. The van der Waals surface area contributed by atoms with Crippen LogP contribution in [-0.2, 0) is 11.3 Å². The smallest absolute Gasteiger partial charge is 0.221 e. The van der Waals surface area contributed by atoms with Crippen molar-refractivity contribution in [2.45, 2.75) is 51.7 Å². The van der Waals surface area contributed by atoms with Crippen LogP contribution in [0.4, 0.5) is 0 Å². The van der Waals surface area contributed by atoms with Crippen LogP contribution in [0.25, 0.3) is 0 Å². The van der Waals surface area contributed by atoms with Crippen LogP contribution in [-0.4, -0.2) is 34.1 Å². The van der Waals surface area contributed by atoms with Gasteiger partial charge in [0.2, 0.25) is 5.91 Å². The molecule has 5 nitrogen and oxygen atoms in total. The summed E-state index contributed by atoms with van der Waals surface area (Å²) in [5, 5.41) is 6.50.